The molecule has 3 saturated heterocycles. The fourth-order valence-electron chi connectivity index (χ4n) is 5.30. The third-order valence-corrected chi connectivity index (χ3v) is 8.07. The topological polar surface area (TPSA) is 88.2 Å². The minimum Gasteiger partial charge on any atom is -0.376 e. The lowest BCUT2D eigenvalue weighted by atomic mass is 9.96. The van der Waals surface area contributed by atoms with Crippen molar-refractivity contribution in [3.05, 3.63) is 69.7 Å². The number of piperidine rings is 1. The van der Waals surface area contributed by atoms with Gasteiger partial charge in [0, 0.05) is 50.2 Å². The van der Waals surface area contributed by atoms with Crippen LogP contribution in [0.3, 0.4) is 0 Å². The highest BCUT2D eigenvalue weighted by Crippen LogP contribution is 2.39. The predicted octanol–water partition coefficient (Wildman–Crippen LogP) is 3.76. The normalized spacial score (nSPS) is 22.9. The van der Waals surface area contributed by atoms with Gasteiger partial charge in [-0.2, -0.15) is 0 Å². The molecule has 0 aromatic heterocycles. The summed E-state index contributed by atoms with van der Waals surface area (Å²) in [4.78, 5) is 43.4. The second kappa shape index (κ2) is 11.0. The third kappa shape index (κ3) is 5.34. The number of benzene rings is 2. The van der Waals surface area contributed by atoms with Gasteiger partial charge in [0.2, 0.25) is 5.91 Å². The summed E-state index contributed by atoms with van der Waals surface area (Å²) in [5.74, 6) is -0.691. The van der Waals surface area contributed by atoms with Gasteiger partial charge in [0.15, 0.2) is 0 Å². The first-order valence-electron chi connectivity index (χ1n) is 12.5. The van der Waals surface area contributed by atoms with Crippen molar-refractivity contribution in [2.45, 2.75) is 43.6 Å². The van der Waals surface area contributed by atoms with E-state index in [-0.39, 0.29) is 30.4 Å². The predicted molar refractivity (Wildman–Crippen MR) is 139 cm³/mol. The zero-order chi connectivity index (χ0) is 26.0. The number of carbonyl (C=O) groups is 3. The first-order valence-corrected chi connectivity index (χ1v) is 13.3. The molecular formula is C27H29Cl2N3O5. The van der Waals surface area contributed by atoms with E-state index in [4.69, 9.17) is 32.7 Å². The molecule has 3 heterocycles. The van der Waals surface area contributed by atoms with Crippen LogP contribution < -0.4 is 5.32 Å². The van der Waals surface area contributed by atoms with Gasteiger partial charge in [0.1, 0.15) is 11.8 Å². The lowest BCUT2D eigenvalue weighted by Gasteiger charge is -2.44. The third-order valence-electron chi connectivity index (χ3n) is 7.33. The summed E-state index contributed by atoms with van der Waals surface area (Å²) < 4.78 is 11.9. The highest BCUT2D eigenvalue weighted by atomic mass is 35.5. The maximum atomic E-state index is 13.7. The number of hydrogen-bond donors (Lipinski definition) is 1. The van der Waals surface area contributed by atoms with Crippen LogP contribution in [0.15, 0.2) is 48.5 Å². The van der Waals surface area contributed by atoms with Gasteiger partial charge < -0.3 is 19.7 Å². The molecule has 0 bridgehead atoms. The summed E-state index contributed by atoms with van der Waals surface area (Å²) in [6, 6.07) is 12.9. The minimum absolute atomic E-state index is 0.00544. The zero-order valence-electron chi connectivity index (χ0n) is 20.3. The summed E-state index contributed by atoms with van der Waals surface area (Å²) in [6.07, 6.45) is 2.64. The van der Waals surface area contributed by atoms with Crippen LogP contribution >= 0.6 is 23.2 Å². The summed E-state index contributed by atoms with van der Waals surface area (Å²) in [5, 5.41) is 3.66. The quantitative estimate of drug-likeness (QED) is 0.617. The molecule has 0 unspecified atom stereocenters. The van der Waals surface area contributed by atoms with E-state index in [9.17, 15) is 14.4 Å². The SMILES string of the molecule is O=C(NC[C@@H]1CCCO1)[C@H]1COC2(CCN(C(=O)c3ccc(Cl)c(Cl)c3)CC2)N1C(=O)c1ccccc1. The Bertz CT molecular complexity index is 1160. The molecule has 0 aliphatic carbocycles. The molecule has 196 valence electrons. The van der Waals surface area contributed by atoms with Gasteiger partial charge in [-0.1, -0.05) is 41.4 Å². The second-order valence-corrected chi connectivity index (χ2v) is 10.4. The summed E-state index contributed by atoms with van der Waals surface area (Å²) in [5.41, 5.74) is -0.0485. The lowest BCUT2D eigenvalue weighted by molar-refractivity contribution is -0.128. The molecule has 5 rings (SSSR count). The Kier molecular flexibility index (Phi) is 7.72. The van der Waals surface area contributed by atoms with Crippen molar-refractivity contribution >= 4 is 40.9 Å². The number of rotatable bonds is 5. The number of amides is 3. The van der Waals surface area contributed by atoms with Gasteiger partial charge in [0.25, 0.3) is 11.8 Å². The Labute approximate surface area is 225 Å². The van der Waals surface area contributed by atoms with Crippen LogP contribution in [0.1, 0.15) is 46.4 Å². The van der Waals surface area contributed by atoms with E-state index < -0.39 is 11.8 Å². The van der Waals surface area contributed by atoms with E-state index in [2.05, 4.69) is 5.32 Å². The van der Waals surface area contributed by atoms with Gasteiger partial charge in [0.05, 0.1) is 22.8 Å². The number of nitrogens with zero attached hydrogens (tertiary/aromatic N) is 2. The second-order valence-electron chi connectivity index (χ2n) is 9.62. The molecule has 37 heavy (non-hydrogen) atoms. The summed E-state index contributed by atoms with van der Waals surface area (Å²) in [6.45, 7) is 1.92. The van der Waals surface area contributed by atoms with Crippen molar-refractivity contribution in [3.63, 3.8) is 0 Å². The van der Waals surface area contributed by atoms with Crippen LogP contribution in [0.2, 0.25) is 10.0 Å². The van der Waals surface area contributed by atoms with E-state index in [0.29, 0.717) is 60.3 Å². The Hall–Kier alpha value is -2.65. The van der Waals surface area contributed by atoms with Crippen molar-refractivity contribution in [1.82, 2.24) is 15.1 Å². The monoisotopic (exact) mass is 545 g/mol. The van der Waals surface area contributed by atoms with E-state index in [1.54, 1.807) is 52.3 Å². The molecule has 3 fully saturated rings. The van der Waals surface area contributed by atoms with Gasteiger partial charge in [-0.15, -0.1) is 0 Å². The number of nitrogens with one attached hydrogen (secondary N) is 1. The molecule has 1 spiro atoms. The molecule has 1 N–H and O–H groups in total. The number of halogens is 2. The summed E-state index contributed by atoms with van der Waals surface area (Å²) >= 11 is 12.1. The molecule has 2 aromatic carbocycles. The van der Waals surface area contributed by atoms with E-state index in [0.717, 1.165) is 12.8 Å². The fraction of sp³-hybridized carbons (Fsp3) is 0.444. The van der Waals surface area contributed by atoms with Crippen molar-refractivity contribution in [3.8, 4) is 0 Å². The van der Waals surface area contributed by atoms with Crippen LogP contribution in [0.25, 0.3) is 0 Å². The zero-order valence-corrected chi connectivity index (χ0v) is 21.8. The van der Waals surface area contributed by atoms with Crippen molar-refractivity contribution in [1.29, 1.82) is 0 Å². The van der Waals surface area contributed by atoms with E-state index in [1.165, 1.54) is 0 Å². The molecule has 2 aromatic rings. The van der Waals surface area contributed by atoms with Crippen molar-refractivity contribution in [2.24, 2.45) is 0 Å². The molecular weight excluding hydrogens is 517 g/mol. The Balaban J connectivity index is 1.33. The molecule has 3 amide bonds. The van der Waals surface area contributed by atoms with Crippen LogP contribution in [-0.2, 0) is 14.3 Å². The molecule has 3 aliphatic heterocycles. The smallest absolute Gasteiger partial charge is 0.256 e. The highest BCUT2D eigenvalue weighted by Gasteiger charge is 2.54. The van der Waals surface area contributed by atoms with Crippen LogP contribution in [0.4, 0.5) is 0 Å². The Morgan fingerprint density at radius 1 is 0.973 bits per heavy atom. The molecule has 3 aliphatic rings. The first kappa shape index (κ1) is 26.0. The van der Waals surface area contributed by atoms with Gasteiger partial charge in [-0.3, -0.25) is 19.3 Å². The van der Waals surface area contributed by atoms with Crippen LogP contribution in [-0.4, -0.2) is 78.2 Å². The van der Waals surface area contributed by atoms with E-state index in [1.807, 2.05) is 6.07 Å². The van der Waals surface area contributed by atoms with Crippen LogP contribution in [0, 0.1) is 0 Å². The molecule has 8 nitrogen and oxygen atoms in total. The Morgan fingerprint density at radius 3 is 2.41 bits per heavy atom. The highest BCUT2D eigenvalue weighted by molar-refractivity contribution is 6.42. The number of likely N-dealkylation sites (tertiary alicyclic amines) is 1. The molecule has 0 saturated carbocycles. The largest absolute Gasteiger partial charge is 0.376 e. The fourth-order valence-corrected chi connectivity index (χ4v) is 5.59. The first-order chi connectivity index (χ1) is 17.9. The Morgan fingerprint density at radius 2 is 1.73 bits per heavy atom. The van der Waals surface area contributed by atoms with Gasteiger partial charge in [-0.05, 0) is 43.2 Å². The maximum Gasteiger partial charge on any atom is 0.256 e. The molecule has 10 heteroatoms. The number of ether oxygens (including phenoxy) is 2. The van der Waals surface area contributed by atoms with Crippen molar-refractivity contribution in [2.75, 3.05) is 32.8 Å². The summed E-state index contributed by atoms with van der Waals surface area (Å²) in [7, 11) is 0. The van der Waals surface area contributed by atoms with Crippen LogP contribution in [0.5, 0.6) is 0 Å². The lowest BCUT2D eigenvalue weighted by Crippen LogP contribution is -2.60. The van der Waals surface area contributed by atoms with Gasteiger partial charge in [-0.25, -0.2) is 0 Å². The van der Waals surface area contributed by atoms with Gasteiger partial charge >= 0.3 is 0 Å². The molecule has 2 atom stereocenters. The average molecular weight is 546 g/mol. The standard InChI is InChI=1S/C27H29Cl2N3O5/c28-21-9-8-19(15-22(21)29)25(34)31-12-10-27(11-13-31)32(26(35)18-5-2-1-3-6-18)23(17-37-27)24(33)30-16-20-7-4-14-36-20/h1-3,5-6,8-9,15,20,23H,4,7,10-14,16-17H2,(H,30,33)/t20-,23+/m0/s1. The average Bonchev–Trinajstić information content (AvgIpc) is 3.57. The molecule has 0 radical (unpaired) electrons. The van der Waals surface area contributed by atoms with E-state index >= 15 is 0 Å². The maximum absolute atomic E-state index is 13.7. The van der Waals surface area contributed by atoms with Crippen molar-refractivity contribution < 1.29 is 23.9 Å². The minimum atomic E-state index is -0.979. The number of hydrogen-bond acceptors (Lipinski definition) is 5. The number of carbonyl (C=O) groups excluding carboxylic acids is 3.